The van der Waals surface area contributed by atoms with Crippen molar-refractivity contribution in [2.75, 3.05) is 20.8 Å². The van der Waals surface area contributed by atoms with Crippen LogP contribution in [0, 0.1) is 0 Å². The molecule has 2 aromatic rings. The molecule has 0 bridgehead atoms. The molecule has 1 aliphatic rings. The first kappa shape index (κ1) is 19.9. The van der Waals surface area contributed by atoms with Crippen molar-refractivity contribution in [1.29, 1.82) is 0 Å². The van der Waals surface area contributed by atoms with Crippen molar-refractivity contribution >= 4 is 12.5 Å². The van der Waals surface area contributed by atoms with Crippen LogP contribution in [-0.4, -0.2) is 33.3 Å². The molecule has 3 rings (SSSR count). The second-order valence-electron chi connectivity index (χ2n) is 6.87. The predicted octanol–water partition coefficient (Wildman–Crippen LogP) is 4.53. The molecular weight excluding hydrogens is 354 g/mol. The molecule has 5 heteroatoms. The summed E-state index contributed by atoms with van der Waals surface area (Å²) in [5.74, 6) is 1.81. The van der Waals surface area contributed by atoms with Crippen LogP contribution in [0.4, 0.5) is 0 Å². The van der Waals surface area contributed by atoms with Crippen LogP contribution in [0.1, 0.15) is 48.4 Å². The summed E-state index contributed by atoms with van der Waals surface area (Å²) in [5.41, 5.74) is 3.06. The van der Waals surface area contributed by atoms with Gasteiger partial charge in [-0.25, -0.2) is 0 Å². The number of aliphatic imine (C=N–C) groups is 1. The maximum absolute atomic E-state index is 11.6. The summed E-state index contributed by atoms with van der Waals surface area (Å²) >= 11 is 0. The second-order valence-corrected chi connectivity index (χ2v) is 6.87. The minimum absolute atomic E-state index is 0.0862. The molecule has 1 heterocycles. The van der Waals surface area contributed by atoms with Gasteiger partial charge in [0.1, 0.15) is 12.0 Å². The van der Waals surface area contributed by atoms with Crippen LogP contribution in [0.15, 0.2) is 41.4 Å². The van der Waals surface area contributed by atoms with Crippen LogP contribution >= 0.6 is 0 Å². The maximum atomic E-state index is 11.6. The number of carbonyl (C=O) groups is 1. The summed E-state index contributed by atoms with van der Waals surface area (Å²) in [6, 6.07) is 11.8. The number of carbonyl (C=O) groups excluding carboxylic acids is 1. The average molecular weight is 381 g/mol. The minimum Gasteiger partial charge on any atom is -0.497 e. The Labute approximate surface area is 166 Å². The topological polar surface area (TPSA) is 57.1 Å². The fourth-order valence-corrected chi connectivity index (χ4v) is 3.42. The van der Waals surface area contributed by atoms with Crippen molar-refractivity contribution in [3.05, 3.63) is 53.1 Å². The lowest BCUT2D eigenvalue weighted by Gasteiger charge is -2.25. The van der Waals surface area contributed by atoms with E-state index in [1.54, 1.807) is 20.4 Å². The van der Waals surface area contributed by atoms with Gasteiger partial charge in [-0.05, 0) is 53.8 Å². The van der Waals surface area contributed by atoms with Crippen LogP contribution < -0.4 is 14.2 Å². The Balaban J connectivity index is 1.94. The Morgan fingerprint density at radius 3 is 2.61 bits per heavy atom. The lowest BCUT2D eigenvalue weighted by Crippen LogP contribution is -2.16. The van der Waals surface area contributed by atoms with Gasteiger partial charge in [0, 0.05) is 6.21 Å². The summed E-state index contributed by atoms with van der Waals surface area (Å²) in [6.45, 7) is 2.74. The third-order valence-corrected chi connectivity index (χ3v) is 4.98. The molecule has 0 amide bonds. The number of hydrogen-bond donors (Lipinski definition) is 0. The molecule has 0 fully saturated rings. The van der Waals surface area contributed by atoms with Crippen LogP contribution in [0.25, 0.3) is 0 Å². The van der Waals surface area contributed by atoms with Crippen LogP contribution in [0.5, 0.6) is 17.2 Å². The number of nitrogens with zero attached hydrogens (tertiary/aromatic N) is 1. The Hall–Kier alpha value is -2.82. The Kier molecular flexibility index (Phi) is 6.69. The van der Waals surface area contributed by atoms with Gasteiger partial charge in [0.2, 0.25) is 0 Å². The van der Waals surface area contributed by atoms with Gasteiger partial charge < -0.3 is 19.0 Å². The van der Waals surface area contributed by atoms with Gasteiger partial charge in [-0.2, -0.15) is 0 Å². The van der Waals surface area contributed by atoms with E-state index in [4.69, 9.17) is 14.2 Å². The highest BCUT2D eigenvalue weighted by Crippen LogP contribution is 2.40. The van der Waals surface area contributed by atoms with Crippen molar-refractivity contribution < 1.29 is 19.0 Å². The van der Waals surface area contributed by atoms with Gasteiger partial charge in [-0.3, -0.25) is 4.99 Å². The Morgan fingerprint density at radius 2 is 1.89 bits per heavy atom. The van der Waals surface area contributed by atoms with Crippen LogP contribution in [0.2, 0.25) is 0 Å². The molecule has 0 N–H and O–H groups in total. The molecule has 5 nitrogen and oxygen atoms in total. The molecule has 148 valence electrons. The third-order valence-electron chi connectivity index (χ3n) is 4.98. The largest absolute Gasteiger partial charge is 0.497 e. The number of unbranched alkanes of at least 4 members (excludes halogenated alkanes) is 1. The number of benzene rings is 2. The first-order valence-electron chi connectivity index (χ1n) is 9.66. The van der Waals surface area contributed by atoms with Crippen molar-refractivity contribution in [2.45, 2.75) is 38.1 Å². The van der Waals surface area contributed by atoms with Crippen LogP contribution in [0.3, 0.4) is 0 Å². The SMILES string of the molecule is CCCCOc1cc2c(cc1OC)C(Cc1cccc(OC)c1)N=CC2C=O. The second kappa shape index (κ2) is 9.40. The van der Waals surface area contributed by atoms with E-state index in [0.717, 1.165) is 41.6 Å². The lowest BCUT2D eigenvalue weighted by atomic mass is 9.86. The molecule has 2 aromatic carbocycles. The number of ether oxygens (including phenoxy) is 3. The van der Waals surface area contributed by atoms with Gasteiger partial charge in [-0.1, -0.05) is 25.5 Å². The van der Waals surface area contributed by atoms with E-state index >= 15 is 0 Å². The zero-order chi connectivity index (χ0) is 19.9. The summed E-state index contributed by atoms with van der Waals surface area (Å²) in [6.07, 6.45) is 5.40. The average Bonchev–Trinajstić information content (AvgIpc) is 2.73. The van der Waals surface area contributed by atoms with Gasteiger partial charge in [0.25, 0.3) is 0 Å². The predicted molar refractivity (Wildman–Crippen MR) is 110 cm³/mol. The molecule has 0 saturated carbocycles. The summed E-state index contributed by atoms with van der Waals surface area (Å²) in [4.78, 5) is 16.3. The molecule has 0 radical (unpaired) electrons. The normalized spacial score (nSPS) is 17.7. The van der Waals surface area contributed by atoms with Crippen LogP contribution in [-0.2, 0) is 11.2 Å². The monoisotopic (exact) mass is 381 g/mol. The molecule has 2 atom stereocenters. The molecule has 2 unspecified atom stereocenters. The number of aldehydes is 1. The van der Waals surface area contributed by atoms with Gasteiger partial charge in [0.05, 0.1) is 32.8 Å². The summed E-state index contributed by atoms with van der Waals surface area (Å²) < 4.78 is 16.8. The number of hydrogen-bond acceptors (Lipinski definition) is 5. The molecule has 0 spiro atoms. The van der Waals surface area contributed by atoms with E-state index in [9.17, 15) is 4.79 Å². The Bertz CT molecular complexity index is 846. The van der Waals surface area contributed by atoms with Crippen molar-refractivity contribution in [1.82, 2.24) is 0 Å². The highest BCUT2D eigenvalue weighted by molar-refractivity contribution is 5.90. The zero-order valence-electron chi connectivity index (χ0n) is 16.7. The summed E-state index contributed by atoms with van der Waals surface area (Å²) in [7, 11) is 3.29. The molecule has 1 aliphatic heterocycles. The molecular formula is C23H27NO4. The summed E-state index contributed by atoms with van der Waals surface area (Å²) in [5, 5.41) is 0. The fourth-order valence-electron chi connectivity index (χ4n) is 3.42. The van der Waals surface area contributed by atoms with E-state index < -0.39 is 0 Å². The molecule has 0 aromatic heterocycles. The van der Waals surface area contributed by atoms with Gasteiger partial charge >= 0.3 is 0 Å². The van der Waals surface area contributed by atoms with Gasteiger partial charge in [-0.15, -0.1) is 0 Å². The van der Waals surface area contributed by atoms with E-state index in [-0.39, 0.29) is 12.0 Å². The maximum Gasteiger partial charge on any atom is 0.161 e. The van der Waals surface area contributed by atoms with Crippen molar-refractivity contribution in [2.24, 2.45) is 4.99 Å². The third kappa shape index (κ3) is 4.35. The first-order chi connectivity index (χ1) is 13.7. The fraction of sp³-hybridized carbons (Fsp3) is 0.391. The molecule has 28 heavy (non-hydrogen) atoms. The number of methoxy groups -OCH3 is 2. The first-order valence-corrected chi connectivity index (χ1v) is 9.66. The molecule has 0 saturated heterocycles. The lowest BCUT2D eigenvalue weighted by molar-refractivity contribution is -0.107. The molecule has 0 aliphatic carbocycles. The quantitative estimate of drug-likeness (QED) is 0.473. The van der Waals surface area contributed by atoms with Crippen molar-refractivity contribution in [3.8, 4) is 17.2 Å². The van der Waals surface area contributed by atoms with E-state index in [1.165, 1.54) is 0 Å². The van der Waals surface area contributed by atoms with Crippen molar-refractivity contribution in [3.63, 3.8) is 0 Å². The Morgan fingerprint density at radius 1 is 1.07 bits per heavy atom. The highest BCUT2D eigenvalue weighted by Gasteiger charge is 2.27. The highest BCUT2D eigenvalue weighted by atomic mass is 16.5. The van der Waals surface area contributed by atoms with E-state index in [0.29, 0.717) is 24.5 Å². The van der Waals surface area contributed by atoms with Gasteiger partial charge in [0.15, 0.2) is 11.5 Å². The van der Waals surface area contributed by atoms with E-state index in [2.05, 4.69) is 18.0 Å². The smallest absolute Gasteiger partial charge is 0.161 e. The minimum atomic E-state index is -0.365. The zero-order valence-corrected chi connectivity index (χ0v) is 16.7. The standard InChI is InChI=1S/C23H27NO4/c1-4-5-9-28-23-12-19-17(15-25)14-24-21(20(19)13-22(23)27-3)11-16-7-6-8-18(10-16)26-2/h6-8,10,12-15,17,21H,4-5,9,11H2,1-3H3. The van der Waals surface area contributed by atoms with E-state index in [1.807, 2.05) is 30.3 Å². The number of fused-ring (bicyclic) bond motifs is 1. The number of rotatable bonds is 9.